The number of hydrogen-bond donors (Lipinski definition) is 1. The molecule has 0 bridgehead atoms. The lowest BCUT2D eigenvalue weighted by Gasteiger charge is -2.21. The SMILES string of the molecule is Cc1c2c(n(-c3ccc(-c4ccc5c6c(cccc46)-c4c-5c(-c5cccc(-c6ccccc6)c5)c5ccccc5c4-c4cccc(-c5ccccc5)c4)cc3)c1-c1ccccc1N)CCC=C2. The number of nitrogens with two attached hydrogens (primary N) is 1. The summed E-state index contributed by atoms with van der Waals surface area (Å²) in [7, 11) is 0. The van der Waals surface area contributed by atoms with Crippen molar-refractivity contribution >= 4 is 33.3 Å². The van der Waals surface area contributed by atoms with Crippen LogP contribution in [0.2, 0.25) is 0 Å². The van der Waals surface area contributed by atoms with Crippen LogP contribution in [0.3, 0.4) is 0 Å². The van der Waals surface area contributed by atoms with Crippen molar-refractivity contribution in [2.45, 2.75) is 19.8 Å². The average Bonchev–Trinajstić information content (AvgIpc) is 3.88. The Morgan fingerprint density at radius 2 is 0.910 bits per heavy atom. The zero-order valence-corrected chi connectivity index (χ0v) is 37.3. The Hall–Kier alpha value is -8.46. The van der Waals surface area contributed by atoms with Gasteiger partial charge < -0.3 is 10.3 Å². The van der Waals surface area contributed by atoms with Crippen LogP contribution in [0.5, 0.6) is 0 Å². The molecule has 0 amide bonds. The molecule has 2 aliphatic rings. The molecular weight excluding hydrogens is 809 g/mol. The van der Waals surface area contributed by atoms with E-state index in [0.29, 0.717) is 0 Å². The summed E-state index contributed by atoms with van der Waals surface area (Å²) in [5.41, 5.74) is 32.2. The lowest BCUT2D eigenvalue weighted by Crippen LogP contribution is -2.05. The molecule has 0 atom stereocenters. The van der Waals surface area contributed by atoms with E-state index in [2.05, 4.69) is 224 Å². The van der Waals surface area contributed by atoms with Gasteiger partial charge in [-0.25, -0.2) is 0 Å². The molecule has 0 saturated heterocycles. The molecule has 1 aromatic heterocycles. The molecule has 0 spiro atoms. The summed E-state index contributed by atoms with van der Waals surface area (Å²) in [6, 6.07) is 78.1. The first-order valence-corrected chi connectivity index (χ1v) is 23.4. The van der Waals surface area contributed by atoms with E-state index in [1.54, 1.807) is 0 Å². The number of nitrogen functional groups attached to an aromatic ring is 1. The van der Waals surface area contributed by atoms with Gasteiger partial charge in [0.1, 0.15) is 0 Å². The number of allylic oxidation sites excluding steroid dienone is 1. The predicted octanol–water partition coefficient (Wildman–Crippen LogP) is 17.3. The van der Waals surface area contributed by atoms with Crippen LogP contribution >= 0.6 is 0 Å². The maximum absolute atomic E-state index is 6.68. The smallest absolute Gasteiger partial charge is 0.0587 e. The fourth-order valence-corrected chi connectivity index (χ4v) is 11.4. The Kier molecular flexibility index (Phi) is 9.08. The van der Waals surface area contributed by atoms with E-state index in [0.717, 1.165) is 29.8 Å². The van der Waals surface area contributed by atoms with E-state index in [1.807, 2.05) is 12.1 Å². The van der Waals surface area contributed by atoms with E-state index in [9.17, 15) is 0 Å². The maximum atomic E-state index is 6.68. The topological polar surface area (TPSA) is 30.9 Å². The Morgan fingerprint density at radius 3 is 1.55 bits per heavy atom. The fraction of sp³-hybridized carbons (Fsp3) is 0.0462. The van der Waals surface area contributed by atoms with Gasteiger partial charge >= 0.3 is 0 Å². The Balaban J connectivity index is 1.03. The van der Waals surface area contributed by atoms with Crippen LogP contribution in [0.25, 0.3) is 122 Å². The first-order valence-electron chi connectivity index (χ1n) is 23.4. The van der Waals surface area contributed by atoms with Gasteiger partial charge in [0.25, 0.3) is 0 Å². The van der Waals surface area contributed by atoms with Gasteiger partial charge in [-0.1, -0.05) is 194 Å². The Morgan fingerprint density at radius 1 is 0.403 bits per heavy atom. The second-order valence-corrected chi connectivity index (χ2v) is 18.1. The summed E-state index contributed by atoms with van der Waals surface area (Å²) in [6.07, 6.45) is 6.61. The summed E-state index contributed by atoms with van der Waals surface area (Å²) in [5.74, 6) is 0. The van der Waals surface area contributed by atoms with Crippen LogP contribution in [0.1, 0.15) is 23.2 Å². The quantitative estimate of drug-likeness (QED) is 0.159. The van der Waals surface area contributed by atoms with Crippen LogP contribution in [-0.4, -0.2) is 4.57 Å². The Bertz CT molecular complexity index is 3660. The summed E-state index contributed by atoms with van der Waals surface area (Å²) >= 11 is 0. The van der Waals surface area contributed by atoms with Crippen molar-refractivity contribution in [1.82, 2.24) is 4.57 Å². The number of para-hydroxylation sites is 1. The zero-order chi connectivity index (χ0) is 44.6. The molecule has 0 fully saturated rings. The normalized spacial score (nSPS) is 12.4. The van der Waals surface area contributed by atoms with Crippen molar-refractivity contribution in [3.63, 3.8) is 0 Å². The number of rotatable bonds is 7. The van der Waals surface area contributed by atoms with Crippen molar-refractivity contribution in [1.29, 1.82) is 0 Å². The molecule has 316 valence electrons. The van der Waals surface area contributed by atoms with Gasteiger partial charge in [-0.3, -0.25) is 0 Å². The molecule has 13 rings (SSSR count). The summed E-state index contributed by atoms with van der Waals surface area (Å²) in [5, 5.41) is 5.07. The molecule has 10 aromatic carbocycles. The van der Waals surface area contributed by atoms with Gasteiger partial charge in [0, 0.05) is 22.6 Å². The van der Waals surface area contributed by atoms with Crippen molar-refractivity contribution in [2.75, 3.05) is 5.73 Å². The van der Waals surface area contributed by atoms with E-state index < -0.39 is 0 Å². The highest BCUT2D eigenvalue weighted by atomic mass is 15.0. The minimum Gasteiger partial charge on any atom is -0.398 e. The minimum absolute atomic E-state index is 0.795. The van der Waals surface area contributed by atoms with Crippen LogP contribution in [0.15, 0.2) is 218 Å². The first kappa shape index (κ1) is 39.0. The third-order valence-corrected chi connectivity index (χ3v) is 14.4. The van der Waals surface area contributed by atoms with E-state index in [1.165, 1.54) is 122 Å². The van der Waals surface area contributed by atoms with Gasteiger partial charge in [0.15, 0.2) is 0 Å². The van der Waals surface area contributed by atoms with Crippen LogP contribution < -0.4 is 5.73 Å². The number of aromatic nitrogens is 1. The number of anilines is 1. The number of benzene rings is 10. The monoisotopic (exact) mass is 854 g/mol. The highest BCUT2D eigenvalue weighted by molar-refractivity contribution is 6.29. The van der Waals surface area contributed by atoms with Gasteiger partial charge in [-0.2, -0.15) is 0 Å². The van der Waals surface area contributed by atoms with E-state index >= 15 is 0 Å². The molecule has 2 N–H and O–H groups in total. The van der Waals surface area contributed by atoms with Crippen molar-refractivity contribution in [3.8, 4) is 94.8 Å². The summed E-state index contributed by atoms with van der Waals surface area (Å²) in [6.45, 7) is 2.24. The zero-order valence-electron chi connectivity index (χ0n) is 37.3. The largest absolute Gasteiger partial charge is 0.398 e. The fourth-order valence-electron chi connectivity index (χ4n) is 11.4. The predicted molar refractivity (Wildman–Crippen MR) is 284 cm³/mol. The molecule has 0 unspecified atom stereocenters. The highest BCUT2D eigenvalue weighted by Crippen LogP contribution is 2.59. The minimum atomic E-state index is 0.795. The third kappa shape index (κ3) is 6.18. The van der Waals surface area contributed by atoms with Crippen LogP contribution in [0.4, 0.5) is 5.69 Å². The van der Waals surface area contributed by atoms with Crippen LogP contribution in [-0.2, 0) is 6.42 Å². The molecule has 67 heavy (non-hydrogen) atoms. The molecule has 2 nitrogen and oxygen atoms in total. The lowest BCUT2D eigenvalue weighted by molar-refractivity contribution is 0.878. The van der Waals surface area contributed by atoms with Gasteiger partial charge in [0.05, 0.1) is 5.69 Å². The van der Waals surface area contributed by atoms with Crippen molar-refractivity contribution in [3.05, 3.63) is 235 Å². The third-order valence-electron chi connectivity index (χ3n) is 14.4. The average molecular weight is 855 g/mol. The maximum Gasteiger partial charge on any atom is 0.0587 e. The summed E-state index contributed by atoms with van der Waals surface area (Å²) in [4.78, 5) is 0. The Labute approximate surface area is 391 Å². The molecule has 2 heteroatoms. The molecule has 0 radical (unpaired) electrons. The standard InChI is InChI=1S/C65H46N2/c1-41-50-25-11-13-32-59(50)67(65(41)55-28-10-12-31-58(55)66)49-35-33-44(34-36-49)51-37-38-57-62-52(51)29-16-30-56(62)63-60(47-23-14-21-45(39-47)42-17-4-2-5-18-42)53-26-8-9-27-54(53)61(64(57)63)48-24-15-22-46(40-48)43-19-6-3-7-20-43/h2-12,14-31,33-40H,13,32,66H2,1H3. The highest BCUT2D eigenvalue weighted by Gasteiger charge is 2.32. The first-order chi connectivity index (χ1) is 33.1. The molecule has 11 aromatic rings. The molecule has 0 aliphatic heterocycles. The molecule has 0 saturated carbocycles. The van der Waals surface area contributed by atoms with Crippen molar-refractivity contribution < 1.29 is 0 Å². The van der Waals surface area contributed by atoms with Crippen LogP contribution in [0, 0.1) is 6.92 Å². The van der Waals surface area contributed by atoms with Gasteiger partial charge in [-0.15, -0.1) is 0 Å². The number of fused-ring (bicyclic) bond motifs is 5. The van der Waals surface area contributed by atoms with Gasteiger partial charge in [0.2, 0.25) is 0 Å². The van der Waals surface area contributed by atoms with Crippen molar-refractivity contribution in [2.24, 2.45) is 0 Å². The molecular formula is C65H46N2. The summed E-state index contributed by atoms with van der Waals surface area (Å²) < 4.78 is 2.46. The second-order valence-electron chi connectivity index (χ2n) is 18.1. The van der Waals surface area contributed by atoms with E-state index in [4.69, 9.17) is 5.73 Å². The number of hydrogen-bond acceptors (Lipinski definition) is 1. The van der Waals surface area contributed by atoms with Gasteiger partial charge in [-0.05, 0) is 161 Å². The lowest BCUT2D eigenvalue weighted by atomic mass is 9.82. The second kappa shape index (κ2) is 15.6. The molecule has 2 aliphatic carbocycles. The number of nitrogens with zero attached hydrogens (tertiary/aromatic N) is 1. The molecule has 1 heterocycles. The van der Waals surface area contributed by atoms with E-state index in [-0.39, 0.29) is 0 Å².